The van der Waals surface area contributed by atoms with Crippen molar-refractivity contribution >= 4 is 23.5 Å². The minimum atomic E-state index is 0.205. The van der Waals surface area contributed by atoms with E-state index in [1.165, 1.54) is 5.56 Å². The summed E-state index contributed by atoms with van der Waals surface area (Å²) in [5, 5.41) is 11.0. The SMILES string of the molecule is C=C(/C=C(/NCc1ccc(CNC)cc1)n1ncc(SF)c1C)c1ccccc1C. The van der Waals surface area contributed by atoms with Gasteiger partial charge < -0.3 is 10.6 Å². The van der Waals surface area contributed by atoms with Gasteiger partial charge in [-0.15, -0.1) is 0 Å². The highest BCUT2D eigenvalue weighted by Crippen LogP contribution is 2.26. The zero-order chi connectivity index (χ0) is 21.5. The van der Waals surface area contributed by atoms with Gasteiger partial charge in [0.05, 0.1) is 28.9 Å². The quantitative estimate of drug-likeness (QED) is 0.447. The lowest BCUT2D eigenvalue weighted by molar-refractivity contribution is 0.754. The Bertz CT molecular complexity index is 1040. The van der Waals surface area contributed by atoms with E-state index in [1.807, 2.05) is 38.2 Å². The first-order chi connectivity index (χ1) is 14.5. The van der Waals surface area contributed by atoms with Crippen molar-refractivity contribution in [1.82, 2.24) is 20.4 Å². The predicted molar refractivity (Wildman–Crippen MR) is 124 cm³/mol. The maximum Gasteiger partial charge on any atom is 0.128 e. The van der Waals surface area contributed by atoms with Crippen LogP contribution in [0.3, 0.4) is 0 Å². The minimum absolute atomic E-state index is 0.205. The molecular weight excluding hydrogens is 395 g/mol. The standard InChI is InChI=1S/C24H27FN4S/c1-17-7-5-6-8-22(17)18(2)13-24(29-19(3)23(30-25)16-28-29)27-15-21-11-9-20(10-12-21)14-26-4/h5-13,16,26-27H,2,14-15H2,1,3-4H3/b24-13-. The van der Waals surface area contributed by atoms with E-state index in [1.54, 1.807) is 10.9 Å². The maximum absolute atomic E-state index is 13.2. The van der Waals surface area contributed by atoms with Crippen LogP contribution in [-0.2, 0) is 13.1 Å². The zero-order valence-corrected chi connectivity index (χ0v) is 18.4. The van der Waals surface area contributed by atoms with Gasteiger partial charge in [0.15, 0.2) is 0 Å². The summed E-state index contributed by atoms with van der Waals surface area (Å²) in [5.74, 6) is 0.750. The van der Waals surface area contributed by atoms with Crippen LogP contribution in [0.4, 0.5) is 3.89 Å². The number of allylic oxidation sites excluding steroid dienone is 2. The molecule has 0 aliphatic rings. The van der Waals surface area contributed by atoms with Crippen molar-refractivity contribution in [3.63, 3.8) is 0 Å². The Morgan fingerprint density at radius 2 is 1.77 bits per heavy atom. The first kappa shape index (κ1) is 21.9. The molecule has 1 aromatic heterocycles. The largest absolute Gasteiger partial charge is 0.366 e. The maximum atomic E-state index is 13.2. The van der Waals surface area contributed by atoms with E-state index in [2.05, 4.69) is 59.6 Å². The molecule has 6 heteroatoms. The second-order valence-electron chi connectivity index (χ2n) is 7.15. The molecule has 2 N–H and O–H groups in total. The fourth-order valence-electron chi connectivity index (χ4n) is 3.25. The predicted octanol–water partition coefficient (Wildman–Crippen LogP) is 5.50. The van der Waals surface area contributed by atoms with Gasteiger partial charge in [-0.05, 0) is 54.8 Å². The smallest absolute Gasteiger partial charge is 0.128 e. The Balaban J connectivity index is 1.88. The molecule has 0 unspecified atom stereocenters. The highest BCUT2D eigenvalue weighted by molar-refractivity contribution is 7.94. The van der Waals surface area contributed by atoms with E-state index >= 15 is 0 Å². The van der Waals surface area contributed by atoms with Crippen molar-refractivity contribution in [2.75, 3.05) is 7.05 Å². The number of rotatable bonds is 9. The van der Waals surface area contributed by atoms with Gasteiger partial charge in [-0.3, -0.25) is 0 Å². The molecule has 0 bridgehead atoms. The van der Waals surface area contributed by atoms with Gasteiger partial charge in [-0.2, -0.15) is 8.98 Å². The fourth-order valence-corrected chi connectivity index (χ4v) is 3.53. The molecule has 3 aromatic rings. The summed E-state index contributed by atoms with van der Waals surface area (Å²) in [4.78, 5) is 0.501. The summed E-state index contributed by atoms with van der Waals surface area (Å²) >= 11 is 0.205. The second kappa shape index (κ2) is 10.3. The highest BCUT2D eigenvalue weighted by Gasteiger charge is 2.12. The normalized spacial score (nSPS) is 11.5. The number of halogens is 1. The molecule has 3 rings (SSSR count). The van der Waals surface area contributed by atoms with Crippen molar-refractivity contribution in [3.05, 3.63) is 95.3 Å². The Labute approximate surface area is 182 Å². The number of nitrogens with zero attached hydrogens (tertiary/aromatic N) is 2. The van der Waals surface area contributed by atoms with Crippen LogP contribution in [0.2, 0.25) is 0 Å². The van der Waals surface area contributed by atoms with Crippen LogP contribution in [0.1, 0.15) is 27.9 Å². The van der Waals surface area contributed by atoms with Crippen molar-refractivity contribution in [2.24, 2.45) is 0 Å². The third-order valence-electron chi connectivity index (χ3n) is 4.96. The van der Waals surface area contributed by atoms with E-state index in [-0.39, 0.29) is 12.1 Å². The fraction of sp³-hybridized carbons (Fsp3) is 0.208. The average molecular weight is 423 g/mol. The number of hydrogen-bond donors (Lipinski definition) is 2. The molecule has 0 aliphatic heterocycles. The summed E-state index contributed by atoms with van der Waals surface area (Å²) in [5.41, 5.74) is 6.20. The molecule has 0 saturated carbocycles. The number of aromatic nitrogens is 2. The Morgan fingerprint density at radius 3 is 2.37 bits per heavy atom. The number of benzene rings is 2. The van der Waals surface area contributed by atoms with Crippen LogP contribution in [0, 0.1) is 13.8 Å². The third kappa shape index (κ3) is 5.20. The van der Waals surface area contributed by atoms with Crippen LogP contribution in [0.5, 0.6) is 0 Å². The van der Waals surface area contributed by atoms with Crippen LogP contribution in [0.15, 0.2) is 72.3 Å². The lowest BCUT2D eigenvalue weighted by Crippen LogP contribution is -2.19. The first-order valence-corrected chi connectivity index (χ1v) is 10.5. The molecule has 0 amide bonds. The van der Waals surface area contributed by atoms with Crippen molar-refractivity contribution in [2.45, 2.75) is 31.8 Å². The van der Waals surface area contributed by atoms with E-state index in [9.17, 15) is 3.89 Å². The summed E-state index contributed by atoms with van der Waals surface area (Å²) in [6, 6.07) is 16.5. The second-order valence-corrected chi connectivity index (χ2v) is 7.75. The van der Waals surface area contributed by atoms with Gasteiger partial charge in [0.2, 0.25) is 0 Å². The Hall–Kier alpha value is -2.83. The first-order valence-electron chi connectivity index (χ1n) is 9.80. The summed E-state index contributed by atoms with van der Waals surface area (Å²) < 4.78 is 14.9. The molecule has 2 aromatic carbocycles. The zero-order valence-electron chi connectivity index (χ0n) is 17.6. The molecule has 0 atom stereocenters. The van der Waals surface area contributed by atoms with Crippen LogP contribution < -0.4 is 10.6 Å². The van der Waals surface area contributed by atoms with Gasteiger partial charge in [-0.1, -0.05) is 55.1 Å². The number of nitrogens with one attached hydrogen (secondary N) is 2. The van der Waals surface area contributed by atoms with Crippen LogP contribution in [-0.4, -0.2) is 16.8 Å². The average Bonchev–Trinajstić information content (AvgIpc) is 3.13. The molecule has 0 radical (unpaired) electrons. The monoisotopic (exact) mass is 422 g/mol. The van der Waals surface area contributed by atoms with Crippen molar-refractivity contribution < 1.29 is 3.89 Å². The van der Waals surface area contributed by atoms with Gasteiger partial charge in [0.25, 0.3) is 0 Å². The highest BCUT2D eigenvalue weighted by atomic mass is 32.2. The van der Waals surface area contributed by atoms with E-state index in [4.69, 9.17) is 0 Å². The topological polar surface area (TPSA) is 41.9 Å². The van der Waals surface area contributed by atoms with E-state index < -0.39 is 0 Å². The van der Waals surface area contributed by atoms with Crippen molar-refractivity contribution in [3.8, 4) is 0 Å². The lowest BCUT2D eigenvalue weighted by Gasteiger charge is -2.15. The summed E-state index contributed by atoms with van der Waals surface area (Å²) in [6.45, 7) is 9.62. The van der Waals surface area contributed by atoms with Crippen LogP contribution >= 0.6 is 12.1 Å². The molecule has 4 nitrogen and oxygen atoms in total. The molecule has 1 heterocycles. The lowest BCUT2D eigenvalue weighted by atomic mass is 10.0. The number of hydrogen-bond acceptors (Lipinski definition) is 4. The molecule has 0 saturated heterocycles. The Kier molecular flexibility index (Phi) is 7.49. The molecule has 0 aliphatic carbocycles. The molecule has 156 valence electrons. The van der Waals surface area contributed by atoms with Gasteiger partial charge in [0, 0.05) is 13.1 Å². The number of aryl methyl sites for hydroxylation is 1. The van der Waals surface area contributed by atoms with Gasteiger partial charge >= 0.3 is 0 Å². The summed E-state index contributed by atoms with van der Waals surface area (Å²) in [7, 11) is 1.93. The molecule has 0 spiro atoms. The molecule has 0 fully saturated rings. The van der Waals surface area contributed by atoms with E-state index in [0.29, 0.717) is 11.4 Å². The molecular formula is C24H27FN4S. The summed E-state index contributed by atoms with van der Waals surface area (Å²) in [6.07, 6.45) is 3.50. The Morgan fingerprint density at radius 1 is 1.10 bits per heavy atom. The van der Waals surface area contributed by atoms with Gasteiger partial charge in [0.1, 0.15) is 5.82 Å². The minimum Gasteiger partial charge on any atom is -0.366 e. The van der Waals surface area contributed by atoms with Crippen LogP contribution in [0.25, 0.3) is 11.4 Å². The van der Waals surface area contributed by atoms with Gasteiger partial charge in [-0.25, -0.2) is 4.68 Å². The third-order valence-corrected chi connectivity index (χ3v) is 5.52. The molecule has 30 heavy (non-hydrogen) atoms. The van der Waals surface area contributed by atoms with Crippen molar-refractivity contribution in [1.29, 1.82) is 0 Å². The van der Waals surface area contributed by atoms with E-state index in [0.717, 1.165) is 40.3 Å².